The Balaban J connectivity index is 1.67. The average Bonchev–Trinajstić information content (AvgIpc) is 2.99. The number of benzene rings is 1. The number of hydrogen-bond acceptors (Lipinski definition) is 4. The minimum absolute atomic E-state index is 0.0306. The maximum atomic E-state index is 12.1. The van der Waals surface area contributed by atoms with Crippen LogP contribution in [0.3, 0.4) is 0 Å². The van der Waals surface area contributed by atoms with Crippen LogP contribution in [0.25, 0.3) is 0 Å². The van der Waals surface area contributed by atoms with Gasteiger partial charge in [-0.15, -0.1) is 0 Å². The Hall–Kier alpha value is -2.21. The second kappa shape index (κ2) is 8.43. The van der Waals surface area contributed by atoms with Gasteiger partial charge in [0.1, 0.15) is 6.61 Å². The van der Waals surface area contributed by atoms with Crippen LogP contribution in [0, 0.1) is 0 Å². The third-order valence-corrected chi connectivity index (χ3v) is 3.79. The standard InChI is InChI=1S/C17H21NO5/c19-15(14-5-4-12-2-1-3-13(12)10-14)6-7-16(20)18-8-9-23-11-17(21)22/h4-5,10H,1-3,6-9,11H2,(H,18,20)(H,21,22). The first-order chi connectivity index (χ1) is 11.1. The van der Waals surface area contributed by atoms with Gasteiger partial charge in [-0.2, -0.15) is 0 Å². The lowest BCUT2D eigenvalue weighted by molar-refractivity contribution is -0.142. The van der Waals surface area contributed by atoms with Crippen LogP contribution in [-0.2, 0) is 27.2 Å². The number of nitrogens with one attached hydrogen (secondary N) is 1. The number of aliphatic carboxylic acids is 1. The van der Waals surface area contributed by atoms with E-state index in [2.05, 4.69) is 5.32 Å². The zero-order valence-corrected chi connectivity index (χ0v) is 13.0. The second-order valence-corrected chi connectivity index (χ2v) is 5.56. The summed E-state index contributed by atoms with van der Waals surface area (Å²) in [4.78, 5) is 34.0. The van der Waals surface area contributed by atoms with E-state index >= 15 is 0 Å². The summed E-state index contributed by atoms with van der Waals surface area (Å²) in [7, 11) is 0. The highest BCUT2D eigenvalue weighted by Crippen LogP contribution is 2.23. The molecular formula is C17H21NO5. The van der Waals surface area contributed by atoms with Crippen molar-refractivity contribution in [3.63, 3.8) is 0 Å². The van der Waals surface area contributed by atoms with E-state index in [4.69, 9.17) is 9.84 Å². The van der Waals surface area contributed by atoms with Gasteiger partial charge in [-0.25, -0.2) is 4.79 Å². The number of aryl methyl sites for hydroxylation is 2. The Morgan fingerprint density at radius 1 is 1.13 bits per heavy atom. The molecule has 1 amide bonds. The molecule has 0 saturated heterocycles. The SMILES string of the molecule is O=C(O)COCCNC(=O)CCC(=O)c1ccc2c(c1)CCC2. The maximum Gasteiger partial charge on any atom is 0.329 e. The average molecular weight is 319 g/mol. The third kappa shape index (κ3) is 5.49. The zero-order valence-electron chi connectivity index (χ0n) is 13.0. The number of rotatable bonds is 9. The summed E-state index contributed by atoms with van der Waals surface area (Å²) in [6, 6.07) is 5.79. The number of carboxylic acid groups (broad SMARTS) is 1. The van der Waals surface area contributed by atoms with Crippen molar-refractivity contribution in [1.29, 1.82) is 0 Å². The van der Waals surface area contributed by atoms with Crippen molar-refractivity contribution < 1.29 is 24.2 Å². The van der Waals surface area contributed by atoms with Crippen molar-refractivity contribution in [2.24, 2.45) is 0 Å². The number of amides is 1. The van der Waals surface area contributed by atoms with Crippen LogP contribution in [0.4, 0.5) is 0 Å². The number of carbonyl (C=O) groups is 3. The third-order valence-electron chi connectivity index (χ3n) is 3.79. The molecule has 0 fully saturated rings. The number of ketones is 1. The summed E-state index contributed by atoms with van der Waals surface area (Å²) >= 11 is 0. The van der Waals surface area contributed by atoms with E-state index < -0.39 is 5.97 Å². The summed E-state index contributed by atoms with van der Waals surface area (Å²) in [6.07, 6.45) is 3.53. The number of hydrogen-bond donors (Lipinski definition) is 2. The van der Waals surface area contributed by atoms with Crippen LogP contribution in [-0.4, -0.2) is 42.5 Å². The summed E-state index contributed by atoms with van der Waals surface area (Å²) in [5.74, 6) is -1.31. The van der Waals surface area contributed by atoms with E-state index in [0.29, 0.717) is 5.56 Å². The molecule has 1 aromatic carbocycles. The van der Waals surface area contributed by atoms with Gasteiger partial charge in [0, 0.05) is 24.9 Å². The van der Waals surface area contributed by atoms with E-state index in [0.717, 1.165) is 19.3 Å². The number of fused-ring (bicyclic) bond motifs is 1. The van der Waals surface area contributed by atoms with Gasteiger partial charge in [0.2, 0.25) is 5.91 Å². The first-order valence-electron chi connectivity index (χ1n) is 7.77. The highest BCUT2D eigenvalue weighted by Gasteiger charge is 2.14. The summed E-state index contributed by atoms with van der Waals surface area (Å²) < 4.78 is 4.80. The Kier molecular flexibility index (Phi) is 6.29. The first-order valence-corrected chi connectivity index (χ1v) is 7.77. The van der Waals surface area contributed by atoms with Crippen LogP contribution >= 0.6 is 0 Å². The quantitative estimate of drug-likeness (QED) is 0.529. The van der Waals surface area contributed by atoms with Crippen molar-refractivity contribution in [3.8, 4) is 0 Å². The fraction of sp³-hybridized carbons (Fsp3) is 0.471. The Bertz CT molecular complexity index is 597. The van der Waals surface area contributed by atoms with E-state index in [1.807, 2.05) is 18.2 Å². The lowest BCUT2D eigenvalue weighted by Gasteiger charge is -2.06. The van der Waals surface area contributed by atoms with Crippen molar-refractivity contribution in [3.05, 3.63) is 34.9 Å². The van der Waals surface area contributed by atoms with Gasteiger partial charge in [-0.05, 0) is 36.5 Å². The van der Waals surface area contributed by atoms with Gasteiger partial charge >= 0.3 is 5.97 Å². The van der Waals surface area contributed by atoms with Crippen LogP contribution < -0.4 is 5.32 Å². The fourth-order valence-electron chi connectivity index (χ4n) is 2.63. The molecule has 0 heterocycles. The molecule has 0 bridgehead atoms. The van der Waals surface area contributed by atoms with Crippen molar-refractivity contribution >= 4 is 17.7 Å². The number of carboxylic acids is 1. The van der Waals surface area contributed by atoms with Crippen molar-refractivity contribution in [2.45, 2.75) is 32.1 Å². The van der Waals surface area contributed by atoms with Gasteiger partial charge in [0.15, 0.2) is 5.78 Å². The molecular weight excluding hydrogens is 298 g/mol. The van der Waals surface area contributed by atoms with Crippen LogP contribution in [0.15, 0.2) is 18.2 Å². The molecule has 1 aliphatic carbocycles. The largest absolute Gasteiger partial charge is 0.480 e. The predicted octanol–water partition coefficient (Wildman–Crippen LogP) is 1.36. The number of carbonyl (C=O) groups excluding carboxylic acids is 2. The maximum absolute atomic E-state index is 12.1. The molecule has 0 saturated carbocycles. The summed E-state index contributed by atoms with van der Waals surface area (Å²) in [5, 5.41) is 11.0. The molecule has 0 aliphatic heterocycles. The van der Waals surface area contributed by atoms with Crippen LogP contribution in [0.5, 0.6) is 0 Å². The van der Waals surface area contributed by atoms with Gasteiger partial charge in [0.25, 0.3) is 0 Å². The minimum Gasteiger partial charge on any atom is -0.480 e. The van der Waals surface area contributed by atoms with E-state index in [1.54, 1.807) is 0 Å². The second-order valence-electron chi connectivity index (χ2n) is 5.56. The minimum atomic E-state index is -1.05. The van der Waals surface area contributed by atoms with Crippen molar-refractivity contribution in [1.82, 2.24) is 5.32 Å². The lowest BCUT2D eigenvalue weighted by Crippen LogP contribution is -2.28. The van der Waals surface area contributed by atoms with E-state index in [1.165, 1.54) is 11.1 Å². The molecule has 2 N–H and O–H groups in total. The molecule has 6 nitrogen and oxygen atoms in total. The molecule has 1 aliphatic rings. The van der Waals surface area contributed by atoms with Gasteiger partial charge in [0.05, 0.1) is 6.61 Å². The number of Topliss-reactive ketones (excluding diaryl/α,β-unsaturated/α-hetero) is 1. The van der Waals surface area contributed by atoms with E-state index in [-0.39, 0.29) is 44.3 Å². The fourth-order valence-corrected chi connectivity index (χ4v) is 2.63. The zero-order chi connectivity index (χ0) is 16.7. The molecule has 23 heavy (non-hydrogen) atoms. The van der Waals surface area contributed by atoms with Crippen molar-refractivity contribution in [2.75, 3.05) is 19.8 Å². The topological polar surface area (TPSA) is 92.7 Å². The Morgan fingerprint density at radius 2 is 1.91 bits per heavy atom. The molecule has 0 atom stereocenters. The first kappa shape index (κ1) is 17.1. The van der Waals surface area contributed by atoms with Crippen LogP contribution in [0.2, 0.25) is 0 Å². The van der Waals surface area contributed by atoms with Gasteiger partial charge in [-0.3, -0.25) is 9.59 Å². The van der Waals surface area contributed by atoms with E-state index in [9.17, 15) is 14.4 Å². The highest BCUT2D eigenvalue weighted by atomic mass is 16.5. The predicted molar refractivity (Wildman–Crippen MR) is 83.5 cm³/mol. The number of ether oxygens (including phenoxy) is 1. The monoisotopic (exact) mass is 319 g/mol. The highest BCUT2D eigenvalue weighted by molar-refractivity contribution is 5.98. The molecule has 124 valence electrons. The summed E-state index contributed by atoms with van der Waals surface area (Å²) in [6.45, 7) is -0.0113. The molecule has 2 rings (SSSR count). The molecule has 0 spiro atoms. The lowest BCUT2D eigenvalue weighted by atomic mass is 10.0. The molecule has 0 unspecified atom stereocenters. The molecule has 1 aromatic rings. The Morgan fingerprint density at radius 3 is 2.70 bits per heavy atom. The summed E-state index contributed by atoms with van der Waals surface area (Å²) in [5.41, 5.74) is 3.24. The molecule has 6 heteroatoms. The van der Waals surface area contributed by atoms with Crippen LogP contribution in [0.1, 0.15) is 40.7 Å². The molecule has 0 aromatic heterocycles. The molecule has 0 radical (unpaired) electrons. The van der Waals surface area contributed by atoms with Gasteiger partial charge in [-0.1, -0.05) is 12.1 Å². The smallest absolute Gasteiger partial charge is 0.329 e. The van der Waals surface area contributed by atoms with Gasteiger partial charge < -0.3 is 15.2 Å². The Labute approximate surface area is 134 Å². The normalized spacial score (nSPS) is 12.7.